The Balaban J connectivity index is 1.54. The number of carbonyl (C=O) groups is 3. The first-order valence-electron chi connectivity index (χ1n) is 9.30. The molecule has 0 unspecified atom stereocenters. The molecular weight excluding hydrogens is 398 g/mol. The van der Waals surface area contributed by atoms with E-state index in [1.54, 1.807) is 79.9 Å². The molecule has 0 atom stereocenters. The first-order valence-corrected chi connectivity index (χ1v) is 9.30. The highest BCUT2D eigenvalue weighted by Gasteiger charge is 2.11. The van der Waals surface area contributed by atoms with Gasteiger partial charge in [-0.3, -0.25) is 25.2 Å². The lowest BCUT2D eigenvalue weighted by atomic mass is 10.1. The number of hydrogen-bond acceptors (Lipinski definition) is 5. The molecule has 3 N–H and O–H groups in total. The van der Waals surface area contributed by atoms with Crippen LogP contribution in [0.3, 0.4) is 0 Å². The van der Waals surface area contributed by atoms with Crippen molar-refractivity contribution in [3.63, 3.8) is 0 Å². The van der Waals surface area contributed by atoms with E-state index in [1.165, 1.54) is 7.11 Å². The van der Waals surface area contributed by atoms with E-state index in [2.05, 4.69) is 16.2 Å². The van der Waals surface area contributed by atoms with Gasteiger partial charge in [-0.15, -0.1) is 0 Å². The quantitative estimate of drug-likeness (QED) is 0.533. The minimum absolute atomic E-state index is 0.286. The number of ether oxygens (including phenoxy) is 2. The predicted octanol–water partition coefficient (Wildman–Crippen LogP) is 3.03. The van der Waals surface area contributed by atoms with Crippen molar-refractivity contribution in [2.24, 2.45) is 0 Å². The van der Waals surface area contributed by atoms with Gasteiger partial charge in [0.05, 0.1) is 14.2 Å². The van der Waals surface area contributed by atoms with Crippen LogP contribution < -0.4 is 25.6 Å². The Bertz CT molecular complexity index is 1060. The molecule has 3 rings (SSSR count). The molecule has 8 heteroatoms. The second kappa shape index (κ2) is 9.93. The smallest absolute Gasteiger partial charge is 0.269 e. The Hall–Kier alpha value is -4.33. The topological polar surface area (TPSA) is 106 Å². The van der Waals surface area contributed by atoms with Gasteiger partial charge in [-0.2, -0.15) is 0 Å². The van der Waals surface area contributed by atoms with Crippen molar-refractivity contribution in [3.05, 3.63) is 89.5 Å². The largest absolute Gasteiger partial charge is 0.497 e. The molecule has 0 fully saturated rings. The van der Waals surface area contributed by atoms with Gasteiger partial charge in [0.25, 0.3) is 17.7 Å². The number of hydrogen-bond donors (Lipinski definition) is 3. The SMILES string of the molecule is COc1ccc(C(=O)NNC(=O)c2ccc(NC(=O)c3ccc(OC)cc3)cc2)cc1. The molecule has 0 spiro atoms. The summed E-state index contributed by atoms with van der Waals surface area (Å²) in [5, 5.41) is 2.75. The summed E-state index contributed by atoms with van der Waals surface area (Å²) in [6, 6.07) is 19.4. The third-order valence-electron chi connectivity index (χ3n) is 4.40. The Morgan fingerprint density at radius 1 is 0.548 bits per heavy atom. The molecule has 3 amide bonds. The van der Waals surface area contributed by atoms with Crippen LogP contribution in [0.2, 0.25) is 0 Å². The van der Waals surface area contributed by atoms with Crippen molar-refractivity contribution in [2.75, 3.05) is 19.5 Å². The second-order valence-electron chi connectivity index (χ2n) is 6.40. The number of hydrazine groups is 1. The van der Waals surface area contributed by atoms with Crippen LogP contribution in [0.5, 0.6) is 11.5 Å². The highest BCUT2D eigenvalue weighted by atomic mass is 16.5. The van der Waals surface area contributed by atoms with Crippen LogP contribution in [0.25, 0.3) is 0 Å². The van der Waals surface area contributed by atoms with E-state index in [0.29, 0.717) is 33.9 Å². The van der Waals surface area contributed by atoms with Crippen LogP contribution in [0.15, 0.2) is 72.8 Å². The van der Waals surface area contributed by atoms with Crippen molar-refractivity contribution in [1.29, 1.82) is 0 Å². The van der Waals surface area contributed by atoms with Gasteiger partial charge in [0.15, 0.2) is 0 Å². The van der Waals surface area contributed by atoms with Crippen LogP contribution in [0, 0.1) is 0 Å². The highest BCUT2D eigenvalue weighted by molar-refractivity contribution is 6.04. The second-order valence-corrected chi connectivity index (χ2v) is 6.40. The molecule has 0 saturated heterocycles. The molecule has 0 saturated carbocycles. The minimum atomic E-state index is -0.491. The average molecular weight is 419 g/mol. The molecule has 0 aliphatic rings. The molecule has 3 aromatic carbocycles. The van der Waals surface area contributed by atoms with E-state index in [4.69, 9.17) is 9.47 Å². The molecule has 0 aliphatic carbocycles. The maximum atomic E-state index is 12.3. The van der Waals surface area contributed by atoms with Crippen molar-refractivity contribution >= 4 is 23.4 Å². The first kappa shape index (κ1) is 21.4. The molecule has 31 heavy (non-hydrogen) atoms. The van der Waals surface area contributed by atoms with E-state index in [9.17, 15) is 14.4 Å². The molecule has 0 radical (unpaired) electrons. The van der Waals surface area contributed by atoms with Crippen LogP contribution >= 0.6 is 0 Å². The number of nitrogens with one attached hydrogen (secondary N) is 3. The summed E-state index contributed by atoms with van der Waals surface area (Å²) in [5.74, 6) is 0.0478. The van der Waals surface area contributed by atoms with Gasteiger partial charge in [-0.1, -0.05) is 0 Å². The third-order valence-corrected chi connectivity index (χ3v) is 4.40. The standard InChI is InChI=1S/C23H21N3O5/c1-30-19-11-5-15(6-12-19)21(27)24-18-9-3-16(4-10-18)22(28)25-26-23(29)17-7-13-20(31-2)14-8-17/h3-14H,1-2H3,(H,24,27)(H,25,28)(H,26,29). The van der Waals surface area contributed by atoms with Gasteiger partial charge >= 0.3 is 0 Å². The number of carbonyl (C=O) groups excluding carboxylic acids is 3. The zero-order chi connectivity index (χ0) is 22.2. The molecule has 158 valence electrons. The van der Waals surface area contributed by atoms with Gasteiger partial charge in [0.1, 0.15) is 11.5 Å². The minimum Gasteiger partial charge on any atom is -0.497 e. The lowest BCUT2D eigenvalue weighted by molar-refractivity contribution is 0.0846. The molecule has 0 aliphatic heterocycles. The van der Waals surface area contributed by atoms with E-state index in [1.807, 2.05) is 0 Å². The van der Waals surface area contributed by atoms with Crippen molar-refractivity contribution < 1.29 is 23.9 Å². The van der Waals surface area contributed by atoms with Crippen LogP contribution in [0.1, 0.15) is 31.1 Å². The van der Waals surface area contributed by atoms with Crippen LogP contribution in [0.4, 0.5) is 5.69 Å². The third kappa shape index (κ3) is 5.60. The normalized spacial score (nSPS) is 10.0. The summed E-state index contributed by atoms with van der Waals surface area (Å²) >= 11 is 0. The number of benzene rings is 3. The zero-order valence-corrected chi connectivity index (χ0v) is 17.0. The van der Waals surface area contributed by atoms with Gasteiger partial charge in [-0.25, -0.2) is 0 Å². The molecule has 8 nitrogen and oxygen atoms in total. The van der Waals surface area contributed by atoms with Crippen molar-refractivity contribution in [2.45, 2.75) is 0 Å². The summed E-state index contributed by atoms with van der Waals surface area (Å²) in [6.07, 6.45) is 0. The fourth-order valence-corrected chi connectivity index (χ4v) is 2.65. The maximum Gasteiger partial charge on any atom is 0.269 e. The Morgan fingerprint density at radius 3 is 1.29 bits per heavy atom. The Labute approximate surface area is 179 Å². The fraction of sp³-hybridized carbons (Fsp3) is 0.0870. The van der Waals surface area contributed by atoms with Crippen molar-refractivity contribution in [1.82, 2.24) is 10.9 Å². The van der Waals surface area contributed by atoms with E-state index >= 15 is 0 Å². The molecular formula is C23H21N3O5. The van der Waals surface area contributed by atoms with E-state index < -0.39 is 11.8 Å². The molecule has 0 heterocycles. The lowest BCUT2D eigenvalue weighted by Crippen LogP contribution is -2.41. The number of amides is 3. The number of rotatable bonds is 6. The Kier molecular flexibility index (Phi) is 6.85. The lowest BCUT2D eigenvalue weighted by Gasteiger charge is -2.09. The van der Waals surface area contributed by atoms with Crippen molar-refractivity contribution in [3.8, 4) is 11.5 Å². The average Bonchev–Trinajstić information content (AvgIpc) is 2.82. The predicted molar refractivity (Wildman–Crippen MR) is 115 cm³/mol. The summed E-state index contributed by atoms with van der Waals surface area (Å²) in [7, 11) is 3.09. The van der Waals surface area contributed by atoms with Gasteiger partial charge < -0.3 is 14.8 Å². The summed E-state index contributed by atoms with van der Waals surface area (Å²) < 4.78 is 10.1. The van der Waals surface area contributed by atoms with Crippen LogP contribution in [-0.4, -0.2) is 31.9 Å². The van der Waals surface area contributed by atoms with Crippen LogP contribution in [-0.2, 0) is 0 Å². The van der Waals surface area contributed by atoms with Gasteiger partial charge in [0, 0.05) is 22.4 Å². The van der Waals surface area contributed by atoms with E-state index in [-0.39, 0.29) is 5.91 Å². The highest BCUT2D eigenvalue weighted by Crippen LogP contribution is 2.15. The Morgan fingerprint density at radius 2 is 0.903 bits per heavy atom. The molecule has 0 aromatic heterocycles. The van der Waals surface area contributed by atoms with E-state index in [0.717, 1.165) is 0 Å². The summed E-state index contributed by atoms with van der Waals surface area (Å²) in [4.78, 5) is 36.7. The maximum absolute atomic E-state index is 12.3. The molecule has 0 bridgehead atoms. The fourth-order valence-electron chi connectivity index (χ4n) is 2.65. The zero-order valence-electron chi connectivity index (χ0n) is 17.0. The van der Waals surface area contributed by atoms with Gasteiger partial charge in [0.2, 0.25) is 0 Å². The van der Waals surface area contributed by atoms with Gasteiger partial charge in [-0.05, 0) is 72.8 Å². The first-order chi connectivity index (χ1) is 15.0. The number of methoxy groups -OCH3 is 2. The number of anilines is 1. The molecule has 3 aromatic rings. The summed E-state index contributed by atoms with van der Waals surface area (Å²) in [5.41, 5.74) is 6.40. The summed E-state index contributed by atoms with van der Waals surface area (Å²) in [6.45, 7) is 0. The monoisotopic (exact) mass is 419 g/mol.